The number of benzene rings is 2. The van der Waals surface area contributed by atoms with Crippen LogP contribution in [0.15, 0.2) is 54.7 Å². The second-order valence-electron chi connectivity index (χ2n) is 4.88. The Kier molecular flexibility index (Phi) is 4.11. The lowest BCUT2D eigenvalue weighted by Gasteiger charge is -2.14. The third-order valence-corrected chi connectivity index (χ3v) is 4.04. The van der Waals surface area contributed by atoms with E-state index in [1.54, 1.807) is 18.3 Å². The second-order valence-corrected chi connectivity index (χ2v) is 5.72. The van der Waals surface area contributed by atoms with Crippen LogP contribution in [0.4, 0.5) is 0 Å². The molecule has 0 aliphatic heterocycles. The van der Waals surface area contributed by atoms with Crippen molar-refractivity contribution in [1.82, 2.24) is 4.98 Å². The van der Waals surface area contributed by atoms with Gasteiger partial charge in [0.05, 0.1) is 11.6 Å². The standard InChI is InChI=1S/C17H13Cl2NO/c18-13-7-6-12(15(19)10-13)9-16(21)14-5-1-3-11-4-2-8-20-17(11)14/h1-8,10,16,21H,9H2. The van der Waals surface area contributed by atoms with Crippen molar-refractivity contribution in [2.24, 2.45) is 0 Å². The van der Waals surface area contributed by atoms with Gasteiger partial charge in [-0.05, 0) is 23.8 Å². The Hall–Kier alpha value is -1.61. The fraction of sp³-hybridized carbons (Fsp3) is 0.118. The summed E-state index contributed by atoms with van der Waals surface area (Å²) in [7, 11) is 0. The molecule has 0 radical (unpaired) electrons. The van der Waals surface area contributed by atoms with Crippen molar-refractivity contribution in [2.45, 2.75) is 12.5 Å². The maximum Gasteiger partial charge on any atom is 0.0851 e. The third kappa shape index (κ3) is 3.03. The Labute approximate surface area is 133 Å². The summed E-state index contributed by atoms with van der Waals surface area (Å²) in [5.74, 6) is 0. The van der Waals surface area contributed by atoms with Crippen LogP contribution in [-0.4, -0.2) is 10.1 Å². The Morgan fingerprint density at radius 3 is 2.67 bits per heavy atom. The fourth-order valence-corrected chi connectivity index (χ4v) is 2.89. The molecule has 2 nitrogen and oxygen atoms in total. The molecule has 0 spiro atoms. The lowest BCUT2D eigenvalue weighted by atomic mass is 9.99. The quantitative estimate of drug-likeness (QED) is 0.751. The van der Waals surface area contributed by atoms with Crippen LogP contribution in [0, 0.1) is 0 Å². The predicted molar refractivity (Wildman–Crippen MR) is 86.9 cm³/mol. The number of nitrogens with zero attached hydrogens (tertiary/aromatic N) is 1. The second kappa shape index (κ2) is 6.02. The summed E-state index contributed by atoms with van der Waals surface area (Å²) in [6.45, 7) is 0. The number of hydrogen-bond donors (Lipinski definition) is 1. The number of rotatable bonds is 3. The molecule has 0 amide bonds. The number of hydrogen-bond acceptors (Lipinski definition) is 2. The van der Waals surface area contributed by atoms with Gasteiger partial charge in [0, 0.05) is 33.6 Å². The molecule has 0 bridgehead atoms. The largest absolute Gasteiger partial charge is 0.388 e. The number of aliphatic hydroxyl groups excluding tert-OH is 1. The summed E-state index contributed by atoms with van der Waals surface area (Å²) in [6.07, 6.45) is 1.49. The van der Waals surface area contributed by atoms with Gasteiger partial charge >= 0.3 is 0 Å². The number of pyridine rings is 1. The summed E-state index contributed by atoms with van der Waals surface area (Å²) in [5, 5.41) is 12.7. The number of aliphatic hydroxyl groups is 1. The molecule has 0 saturated heterocycles. The lowest BCUT2D eigenvalue weighted by molar-refractivity contribution is 0.180. The summed E-state index contributed by atoms with van der Waals surface area (Å²) in [5.41, 5.74) is 2.48. The molecular formula is C17H13Cl2NO. The van der Waals surface area contributed by atoms with Crippen molar-refractivity contribution >= 4 is 34.1 Å². The van der Waals surface area contributed by atoms with Gasteiger partial charge in [0.25, 0.3) is 0 Å². The highest BCUT2D eigenvalue weighted by atomic mass is 35.5. The highest BCUT2D eigenvalue weighted by Gasteiger charge is 2.14. The number of para-hydroxylation sites is 1. The molecule has 1 aromatic heterocycles. The predicted octanol–water partition coefficient (Wildman–Crippen LogP) is 4.82. The maximum absolute atomic E-state index is 10.5. The highest BCUT2D eigenvalue weighted by Crippen LogP contribution is 2.28. The molecule has 1 atom stereocenters. The molecular weight excluding hydrogens is 305 g/mol. The Bertz CT molecular complexity index is 783. The van der Waals surface area contributed by atoms with Gasteiger partial charge < -0.3 is 5.11 Å². The molecule has 3 rings (SSSR count). The van der Waals surface area contributed by atoms with E-state index in [1.807, 2.05) is 36.4 Å². The molecule has 1 heterocycles. The zero-order valence-electron chi connectivity index (χ0n) is 11.1. The molecule has 0 fully saturated rings. The Morgan fingerprint density at radius 2 is 1.86 bits per heavy atom. The minimum absolute atomic E-state index is 0.422. The van der Waals surface area contributed by atoms with Crippen molar-refractivity contribution in [3.63, 3.8) is 0 Å². The zero-order valence-corrected chi connectivity index (χ0v) is 12.6. The SMILES string of the molecule is OC(Cc1ccc(Cl)cc1Cl)c1cccc2cccnc12. The van der Waals surface area contributed by atoms with Crippen LogP contribution in [0.25, 0.3) is 10.9 Å². The van der Waals surface area contributed by atoms with Crippen LogP contribution in [-0.2, 0) is 6.42 Å². The normalized spacial score (nSPS) is 12.5. The molecule has 1 unspecified atom stereocenters. The van der Waals surface area contributed by atoms with Gasteiger partial charge in [0.1, 0.15) is 0 Å². The van der Waals surface area contributed by atoms with Gasteiger partial charge in [-0.15, -0.1) is 0 Å². The van der Waals surface area contributed by atoms with E-state index in [4.69, 9.17) is 23.2 Å². The molecule has 1 N–H and O–H groups in total. The van der Waals surface area contributed by atoms with Crippen LogP contribution < -0.4 is 0 Å². The first kappa shape index (κ1) is 14.3. The van der Waals surface area contributed by atoms with E-state index in [2.05, 4.69) is 4.98 Å². The van der Waals surface area contributed by atoms with Gasteiger partial charge in [-0.1, -0.05) is 53.5 Å². The molecule has 2 aromatic carbocycles. The molecule has 106 valence electrons. The van der Waals surface area contributed by atoms with Gasteiger partial charge in [-0.3, -0.25) is 4.98 Å². The van der Waals surface area contributed by atoms with Crippen molar-refractivity contribution in [3.05, 3.63) is 75.9 Å². The first-order valence-electron chi connectivity index (χ1n) is 6.61. The number of fused-ring (bicyclic) bond motifs is 1. The first-order valence-corrected chi connectivity index (χ1v) is 7.36. The van der Waals surface area contributed by atoms with E-state index in [0.29, 0.717) is 16.5 Å². The van der Waals surface area contributed by atoms with Crippen molar-refractivity contribution < 1.29 is 5.11 Å². The maximum atomic E-state index is 10.5. The van der Waals surface area contributed by atoms with Crippen LogP contribution >= 0.6 is 23.2 Å². The van der Waals surface area contributed by atoms with E-state index in [0.717, 1.165) is 22.0 Å². The summed E-state index contributed by atoms with van der Waals surface area (Å²) in [6, 6.07) is 15.0. The summed E-state index contributed by atoms with van der Waals surface area (Å²) in [4.78, 5) is 4.37. The van der Waals surface area contributed by atoms with Crippen molar-refractivity contribution in [3.8, 4) is 0 Å². The fourth-order valence-electron chi connectivity index (χ4n) is 2.40. The summed E-state index contributed by atoms with van der Waals surface area (Å²) >= 11 is 12.1. The molecule has 0 aliphatic carbocycles. The van der Waals surface area contributed by atoms with Crippen LogP contribution in [0.3, 0.4) is 0 Å². The lowest BCUT2D eigenvalue weighted by Crippen LogP contribution is -2.03. The van der Waals surface area contributed by atoms with Gasteiger partial charge in [0.15, 0.2) is 0 Å². The zero-order chi connectivity index (χ0) is 14.8. The highest BCUT2D eigenvalue weighted by molar-refractivity contribution is 6.35. The van der Waals surface area contributed by atoms with Crippen LogP contribution in [0.5, 0.6) is 0 Å². The van der Waals surface area contributed by atoms with Gasteiger partial charge in [-0.25, -0.2) is 0 Å². The van der Waals surface area contributed by atoms with Gasteiger partial charge in [0.2, 0.25) is 0 Å². The molecule has 21 heavy (non-hydrogen) atoms. The van der Waals surface area contributed by atoms with E-state index >= 15 is 0 Å². The van der Waals surface area contributed by atoms with Crippen LogP contribution in [0.1, 0.15) is 17.2 Å². The molecule has 0 aliphatic rings. The minimum Gasteiger partial charge on any atom is -0.388 e. The first-order chi connectivity index (χ1) is 10.1. The number of aromatic nitrogens is 1. The topological polar surface area (TPSA) is 33.1 Å². The molecule has 0 saturated carbocycles. The minimum atomic E-state index is -0.665. The smallest absolute Gasteiger partial charge is 0.0851 e. The average molecular weight is 318 g/mol. The van der Waals surface area contributed by atoms with Crippen LogP contribution in [0.2, 0.25) is 10.0 Å². The Balaban J connectivity index is 1.95. The number of halogens is 2. The third-order valence-electron chi connectivity index (χ3n) is 3.45. The summed E-state index contributed by atoms with van der Waals surface area (Å²) < 4.78 is 0. The molecule has 4 heteroatoms. The van der Waals surface area contributed by atoms with Crippen molar-refractivity contribution in [2.75, 3.05) is 0 Å². The average Bonchev–Trinajstić information content (AvgIpc) is 2.49. The molecule has 3 aromatic rings. The Morgan fingerprint density at radius 1 is 1.05 bits per heavy atom. The van der Waals surface area contributed by atoms with E-state index in [-0.39, 0.29) is 0 Å². The van der Waals surface area contributed by atoms with E-state index < -0.39 is 6.10 Å². The van der Waals surface area contributed by atoms with E-state index in [1.165, 1.54) is 0 Å². The van der Waals surface area contributed by atoms with Gasteiger partial charge in [-0.2, -0.15) is 0 Å². The van der Waals surface area contributed by atoms with E-state index in [9.17, 15) is 5.11 Å². The van der Waals surface area contributed by atoms with Crippen molar-refractivity contribution in [1.29, 1.82) is 0 Å². The monoisotopic (exact) mass is 317 g/mol.